The molecule has 1 aliphatic rings. The van der Waals surface area contributed by atoms with Gasteiger partial charge in [0.1, 0.15) is 19.3 Å². The molecule has 7 nitrogen and oxygen atoms in total. The van der Waals surface area contributed by atoms with Gasteiger partial charge in [0.2, 0.25) is 0 Å². The summed E-state index contributed by atoms with van der Waals surface area (Å²) >= 11 is 0. The summed E-state index contributed by atoms with van der Waals surface area (Å²) in [5, 5.41) is 9.43. The van der Waals surface area contributed by atoms with E-state index in [0.29, 0.717) is 0 Å². The van der Waals surface area contributed by atoms with Gasteiger partial charge in [0.05, 0.1) is 6.42 Å². The Morgan fingerprint density at radius 2 is 1.63 bits per heavy atom. The molecule has 0 saturated carbocycles. The van der Waals surface area contributed by atoms with E-state index < -0.39 is 30.5 Å². The summed E-state index contributed by atoms with van der Waals surface area (Å²) in [6, 6.07) is 14.4. The molecule has 1 amide bonds. The van der Waals surface area contributed by atoms with Crippen molar-refractivity contribution in [2.45, 2.75) is 18.4 Å². The maximum atomic E-state index is 12.5. The monoisotopic (exact) mass is 409 g/mol. The van der Waals surface area contributed by atoms with Gasteiger partial charge in [-0.1, -0.05) is 61.2 Å². The van der Waals surface area contributed by atoms with Crippen LogP contribution in [0.4, 0.5) is 4.79 Å². The summed E-state index contributed by atoms with van der Waals surface area (Å²) < 4.78 is 10.3. The van der Waals surface area contributed by atoms with Crippen LogP contribution in [0.3, 0.4) is 0 Å². The molecule has 0 radical (unpaired) electrons. The number of carbonyl (C=O) groups excluding carboxylic acids is 2. The summed E-state index contributed by atoms with van der Waals surface area (Å²) in [5.41, 5.74) is 4.29. The zero-order valence-electron chi connectivity index (χ0n) is 16.6. The second kappa shape index (κ2) is 9.26. The first-order valence-electron chi connectivity index (χ1n) is 9.51. The number of benzene rings is 2. The first-order chi connectivity index (χ1) is 14.4. The van der Waals surface area contributed by atoms with Gasteiger partial charge in [0.15, 0.2) is 0 Å². The van der Waals surface area contributed by atoms with Gasteiger partial charge in [-0.25, -0.2) is 9.59 Å². The van der Waals surface area contributed by atoms with Gasteiger partial charge in [0, 0.05) is 13.0 Å². The summed E-state index contributed by atoms with van der Waals surface area (Å²) in [5.74, 6) is -2.20. The molecule has 2 aromatic carbocycles. The Bertz CT molecular complexity index is 924. The minimum absolute atomic E-state index is 0.0279. The molecular formula is C23H23NO6. The van der Waals surface area contributed by atoms with Crippen LogP contribution in [-0.2, 0) is 19.1 Å². The number of fused-ring (bicyclic) bond motifs is 3. The van der Waals surface area contributed by atoms with Crippen molar-refractivity contribution < 1.29 is 29.0 Å². The van der Waals surface area contributed by atoms with Crippen LogP contribution in [0, 0.1) is 0 Å². The van der Waals surface area contributed by atoms with Crippen molar-refractivity contribution in [2.24, 2.45) is 0 Å². The molecule has 30 heavy (non-hydrogen) atoms. The lowest BCUT2D eigenvalue weighted by atomic mass is 9.98. The maximum absolute atomic E-state index is 12.5. The van der Waals surface area contributed by atoms with Crippen molar-refractivity contribution in [1.29, 1.82) is 0 Å². The fraction of sp³-hybridized carbons (Fsp3) is 0.261. The van der Waals surface area contributed by atoms with E-state index >= 15 is 0 Å². The third-order valence-electron chi connectivity index (χ3n) is 5.10. The topological polar surface area (TPSA) is 93.1 Å². The average molecular weight is 409 g/mol. The van der Waals surface area contributed by atoms with Gasteiger partial charge in [-0.15, -0.1) is 0 Å². The Labute approximate surface area is 174 Å². The van der Waals surface area contributed by atoms with E-state index in [2.05, 4.69) is 6.58 Å². The van der Waals surface area contributed by atoms with Crippen LogP contribution in [0.5, 0.6) is 0 Å². The highest BCUT2D eigenvalue weighted by Crippen LogP contribution is 2.44. The first-order valence-corrected chi connectivity index (χ1v) is 9.51. The normalized spacial score (nSPS) is 13.0. The summed E-state index contributed by atoms with van der Waals surface area (Å²) in [4.78, 5) is 36.8. The van der Waals surface area contributed by atoms with Crippen LogP contribution in [-0.4, -0.2) is 54.3 Å². The zero-order chi connectivity index (χ0) is 21.7. The van der Waals surface area contributed by atoms with Crippen molar-refractivity contribution in [1.82, 2.24) is 4.90 Å². The number of aliphatic carboxylic acids is 1. The minimum atomic E-state index is -1.39. The number of carboxylic acids is 1. The molecule has 7 heteroatoms. The predicted molar refractivity (Wildman–Crippen MR) is 110 cm³/mol. The van der Waals surface area contributed by atoms with E-state index in [1.807, 2.05) is 48.5 Å². The zero-order valence-corrected chi connectivity index (χ0v) is 16.6. The van der Waals surface area contributed by atoms with Crippen molar-refractivity contribution in [2.75, 3.05) is 20.3 Å². The lowest BCUT2D eigenvalue weighted by Crippen LogP contribution is -2.44. The largest absolute Gasteiger partial charge is 0.480 e. The molecule has 0 aromatic heterocycles. The molecular weight excluding hydrogens is 386 g/mol. The third kappa shape index (κ3) is 4.35. The SMILES string of the molecule is C=CCOC(=O)C[C@@H](C(=O)O)N(C)C(=O)OCC1c2ccccc2-c2ccccc21. The number of likely N-dealkylation sites (N-methyl/N-ethyl adjacent to an activating group) is 1. The number of carboxylic acid groups (broad SMARTS) is 1. The molecule has 0 heterocycles. The molecule has 0 aliphatic heterocycles. The lowest BCUT2D eigenvalue weighted by Gasteiger charge is -2.24. The molecule has 0 saturated heterocycles. The van der Waals surface area contributed by atoms with Crippen LogP contribution in [0.2, 0.25) is 0 Å². The fourth-order valence-electron chi connectivity index (χ4n) is 3.58. The number of ether oxygens (including phenoxy) is 2. The van der Waals surface area contributed by atoms with Gasteiger partial charge in [-0.2, -0.15) is 0 Å². The van der Waals surface area contributed by atoms with Crippen LogP contribution >= 0.6 is 0 Å². The smallest absolute Gasteiger partial charge is 0.410 e. The van der Waals surface area contributed by atoms with Crippen LogP contribution in [0.25, 0.3) is 11.1 Å². The highest BCUT2D eigenvalue weighted by Gasteiger charge is 2.33. The van der Waals surface area contributed by atoms with Gasteiger partial charge >= 0.3 is 18.0 Å². The van der Waals surface area contributed by atoms with Crippen LogP contribution in [0.15, 0.2) is 61.2 Å². The molecule has 1 aliphatic carbocycles. The van der Waals surface area contributed by atoms with Crippen molar-refractivity contribution in [3.8, 4) is 11.1 Å². The molecule has 1 atom stereocenters. The summed E-state index contributed by atoms with van der Waals surface area (Å²) in [7, 11) is 1.29. The van der Waals surface area contributed by atoms with E-state index in [9.17, 15) is 19.5 Å². The van der Waals surface area contributed by atoms with Crippen molar-refractivity contribution in [3.05, 3.63) is 72.3 Å². The molecule has 156 valence electrons. The van der Waals surface area contributed by atoms with Crippen molar-refractivity contribution in [3.63, 3.8) is 0 Å². The van der Waals surface area contributed by atoms with Gasteiger partial charge < -0.3 is 14.6 Å². The standard InChI is InChI=1S/C23H23NO6/c1-3-12-29-21(25)13-20(22(26)27)24(2)23(28)30-14-19-17-10-6-4-8-15(17)16-9-5-7-11-18(16)19/h3-11,19-20H,1,12-14H2,2H3,(H,26,27)/t20-/m0/s1. The minimum Gasteiger partial charge on any atom is -0.480 e. The highest BCUT2D eigenvalue weighted by molar-refractivity contribution is 5.85. The first kappa shape index (κ1) is 21.1. The van der Waals surface area contributed by atoms with E-state index in [4.69, 9.17) is 9.47 Å². The Morgan fingerprint density at radius 3 is 2.17 bits per heavy atom. The van der Waals surface area contributed by atoms with E-state index in [-0.39, 0.29) is 19.1 Å². The molecule has 1 N–H and O–H groups in total. The molecule has 0 fully saturated rings. The van der Waals surface area contributed by atoms with Gasteiger partial charge in [0.25, 0.3) is 0 Å². The number of esters is 1. The summed E-state index contributed by atoms with van der Waals surface area (Å²) in [6.07, 6.45) is 0.0769. The third-order valence-corrected chi connectivity index (χ3v) is 5.10. The summed E-state index contributed by atoms with van der Waals surface area (Å²) in [6.45, 7) is 3.46. The molecule has 0 unspecified atom stereocenters. The van der Waals surface area contributed by atoms with Crippen molar-refractivity contribution >= 4 is 18.0 Å². The number of rotatable bonds is 8. The number of hydrogen-bond acceptors (Lipinski definition) is 5. The van der Waals surface area contributed by atoms with Gasteiger partial charge in [-0.3, -0.25) is 9.69 Å². The van der Waals surface area contributed by atoms with Gasteiger partial charge in [-0.05, 0) is 22.3 Å². The van der Waals surface area contributed by atoms with E-state index in [1.54, 1.807) is 0 Å². The number of nitrogens with zero attached hydrogens (tertiary/aromatic N) is 1. The number of carbonyl (C=O) groups is 3. The van der Waals surface area contributed by atoms with Crippen LogP contribution in [0.1, 0.15) is 23.5 Å². The second-order valence-electron chi connectivity index (χ2n) is 6.94. The molecule has 0 spiro atoms. The fourth-order valence-corrected chi connectivity index (χ4v) is 3.58. The molecule has 2 aromatic rings. The number of hydrogen-bond donors (Lipinski definition) is 1. The highest BCUT2D eigenvalue weighted by atomic mass is 16.6. The Balaban J connectivity index is 1.69. The average Bonchev–Trinajstić information content (AvgIpc) is 3.07. The Morgan fingerprint density at radius 1 is 1.07 bits per heavy atom. The number of amides is 1. The Hall–Kier alpha value is -3.61. The molecule has 0 bridgehead atoms. The maximum Gasteiger partial charge on any atom is 0.410 e. The quantitative estimate of drug-likeness (QED) is 0.530. The molecule has 3 rings (SSSR count). The second-order valence-corrected chi connectivity index (χ2v) is 6.94. The van der Waals surface area contributed by atoms with E-state index in [0.717, 1.165) is 27.2 Å². The predicted octanol–water partition coefficient (Wildman–Crippen LogP) is 3.44. The Kier molecular flexibility index (Phi) is 6.51. The van der Waals surface area contributed by atoms with Crippen LogP contribution < -0.4 is 0 Å². The van der Waals surface area contributed by atoms with E-state index in [1.165, 1.54) is 13.1 Å². The lowest BCUT2D eigenvalue weighted by molar-refractivity contribution is -0.151.